The molecule has 1 aliphatic heterocycles. The maximum atomic E-state index is 14.8. The molecule has 1 atom stereocenters. The zero-order valence-electron chi connectivity index (χ0n) is 15.0. The number of nitriles is 1. The van der Waals surface area contributed by atoms with Gasteiger partial charge in [0.2, 0.25) is 0 Å². The summed E-state index contributed by atoms with van der Waals surface area (Å²) in [5, 5.41) is 13.0. The Morgan fingerprint density at radius 2 is 1.93 bits per heavy atom. The molecular weight excluding hydrogens is 366 g/mol. The van der Waals surface area contributed by atoms with Gasteiger partial charge in [-0.15, -0.1) is 0 Å². The van der Waals surface area contributed by atoms with Gasteiger partial charge in [0.1, 0.15) is 35.9 Å². The molecule has 8 heteroatoms. The Kier molecular flexibility index (Phi) is 3.96. The Labute approximate surface area is 159 Å². The van der Waals surface area contributed by atoms with Crippen LogP contribution in [0.4, 0.5) is 8.78 Å². The highest BCUT2D eigenvalue weighted by atomic mass is 19.1. The van der Waals surface area contributed by atoms with Crippen molar-refractivity contribution in [2.24, 2.45) is 0 Å². The van der Waals surface area contributed by atoms with Gasteiger partial charge in [-0.3, -0.25) is 0 Å². The minimum absolute atomic E-state index is 0.120. The van der Waals surface area contributed by atoms with Gasteiger partial charge in [0.05, 0.1) is 22.8 Å². The van der Waals surface area contributed by atoms with Gasteiger partial charge in [-0.05, 0) is 43.7 Å². The molecule has 28 heavy (non-hydrogen) atoms. The van der Waals surface area contributed by atoms with Gasteiger partial charge in [0.15, 0.2) is 0 Å². The largest absolute Gasteiger partial charge is 0.451 e. The summed E-state index contributed by atoms with van der Waals surface area (Å²) in [7, 11) is 0. The van der Waals surface area contributed by atoms with Crippen molar-refractivity contribution in [1.82, 2.24) is 14.8 Å². The fourth-order valence-electron chi connectivity index (χ4n) is 3.46. The van der Waals surface area contributed by atoms with Crippen LogP contribution in [0.2, 0.25) is 0 Å². The van der Waals surface area contributed by atoms with Crippen LogP contribution in [0, 0.1) is 23.0 Å². The highest BCUT2D eigenvalue weighted by molar-refractivity contribution is 5.94. The smallest absolute Gasteiger partial charge is 0.339 e. The Morgan fingerprint density at radius 3 is 2.54 bits per heavy atom. The second-order valence-electron chi connectivity index (χ2n) is 6.95. The van der Waals surface area contributed by atoms with Gasteiger partial charge in [-0.2, -0.15) is 10.4 Å². The topological polar surface area (TPSA) is 80.8 Å². The molecule has 6 nitrogen and oxygen atoms in total. The number of ether oxygens (including phenoxy) is 1. The highest BCUT2D eigenvalue weighted by Gasteiger charge is 2.38. The summed E-state index contributed by atoms with van der Waals surface area (Å²) in [6.45, 7) is 3.49. The molecule has 0 bridgehead atoms. The average molecular weight is 380 g/mol. The molecule has 4 rings (SSSR count). The molecule has 0 amide bonds. The number of esters is 1. The third-order valence-corrected chi connectivity index (χ3v) is 4.76. The Hall–Kier alpha value is -3.60. The molecular formula is C20H14F2N4O2. The fraction of sp³-hybridized carbons (Fsp3) is 0.200. The van der Waals surface area contributed by atoms with Crippen LogP contribution in [0.1, 0.15) is 52.5 Å². The monoisotopic (exact) mass is 380 g/mol. The molecule has 3 aromatic rings. The van der Waals surface area contributed by atoms with Gasteiger partial charge in [-0.25, -0.2) is 23.2 Å². The molecule has 0 aliphatic carbocycles. The first kappa shape index (κ1) is 17.8. The maximum Gasteiger partial charge on any atom is 0.339 e. The lowest BCUT2D eigenvalue weighted by atomic mass is 9.89. The molecule has 2 heterocycles. The van der Waals surface area contributed by atoms with Crippen LogP contribution in [0.15, 0.2) is 43.0 Å². The Morgan fingerprint density at radius 1 is 1.21 bits per heavy atom. The molecule has 0 saturated heterocycles. The van der Waals surface area contributed by atoms with E-state index in [1.54, 1.807) is 38.1 Å². The summed E-state index contributed by atoms with van der Waals surface area (Å²) in [6.07, 6.45) is 2.61. The predicted molar refractivity (Wildman–Crippen MR) is 93.2 cm³/mol. The first-order valence-electron chi connectivity index (χ1n) is 8.43. The Bertz CT molecular complexity index is 1110. The van der Waals surface area contributed by atoms with E-state index in [2.05, 4.69) is 10.1 Å². The predicted octanol–water partition coefficient (Wildman–Crippen LogP) is 3.47. The molecule has 1 aliphatic rings. The second kappa shape index (κ2) is 6.23. The van der Waals surface area contributed by atoms with Gasteiger partial charge >= 0.3 is 5.97 Å². The van der Waals surface area contributed by atoms with E-state index in [1.165, 1.54) is 17.3 Å². The normalized spacial score (nSPS) is 15.6. The van der Waals surface area contributed by atoms with E-state index >= 15 is 0 Å². The summed E-state index contributed by atoms with van der Waals surface area (Å²) < 4.78 is 36.3. The number of carbonyl (C=O) groups is 1. The number of hydrogen-bond acceptors (Lipinski definition) is 5. The maximum absolute atomic E-state index is 14.8. The molecule has 1 aromatic heterocycles. The SMILES string of the molecule is CC1(C)OC(=O)c2ccc(C(c3c(F)cc(C#N)cc3F)n3cncn3)cc21. The summed E-state index contributed by atoms with van der Waals surface area (Å²) in [6, 6.07) is 7.57. The van der Waals surface area contributed by atoms with Crippen LogP contribution in [0.25, 0.3) is 0 Å². The molecule has 0 radical (unpaired) electrons. The van der Waals surface area contributed by atoms with Crippen LogP contribution in [0.3, 0.4) is 0 Å². The van der Waals surface area contributed by atoms with Crippen LogP contribution in [-0.2, 0) is 10.3 Å². The van der Waals surface area contributed by atoms with Crippen LogP contribution >= 0.6 is 0 Å². The third kappa shape index (κ3) is 2.72. The first-order chi connectivity index (χ1) is 13.3. The summed E-state index contributed by atoms with van der Waals surface area (Å²) in [5.74, 6) is -2.19. The molecule has 140 valence electrons. The van der Waals surface area contributed by atoms with Crippen molar-refractivity contribution >= 4 is 5.97 Å². The molecule has 0 saturated carbocycles. The summed E-state index contributed by atoms with van der Waals surface area (Å²) in [5.41, 5.74) is 0.272. The zero-order valence-corrected chi connectivity index (χ0v) is 15.0. The summed E-state index contributed by atoms with van der Waals surface area (Å²) >= 11 is 0. The minimum Gasteiger partial charge on any atom is -0.451 e. The van der Waals surface area contributed by atoms with Crippen molar-refractivity contribution in [3.05, 3.63) is 82.4 Å². The first-order valence-corrected chi connectivity index (χ1v) is 8.43. The van der Waals surface area contributed by atoms with Crippen LogP contribution in [0.5, 0.6) is 0 Å². The van der Waals surface area contributed by atoms with Gasteiger partial charge in [-0.1, -0.05) is 6.07 Å². The van der Waals surface area contributed by atoms with E-state index in [0.717, 1.165) is 12.1 Å². The van der Waals surface area contributed by atoms with Crippen molar-refractivity contribution in [2.45, 2.75) is 25.5 Å². The zero-order chi connectivity index (χ0) is 20.1. The van der Waals surface area contributed by atoms with Crippen molar-refractivity contribution in [1.29, 1.82) is 5.26 Å². The Balaban J connectivity index is 1.94. The number of hydrogen-bond donors (Lipinski definition) is 0. The van der Waals surface area contributed by atoms with Crippen molar-refractivity contribution in [3.63, 3.8) is 0 Å². The van der Waals surface area contributed by atoms with Crippen LogP contribution < -0.4 is 0 Å². The van der Waals surface area contributed by atoms with Crippen molar-refractivity contribution in [3.8, 4) is 6.07 Å². The number of carbonyl (C=O) groups excluding carboxylic acids is 1. The standard InChI is InChI=1S/C20H14F2N4O2/c1-20(2)14-7-12(3-4-13(14)19(27)28-20)18(26-10-24-9-25-26)17-15(21)5-11(8-23)6-16(17)22/h3-7,9-10,18H,1-2H3. The number of benzene rings is 2. The lowest BCUT2D eigenvalue weighted by Crippen LogP contribution is -2.19. The van der Waals surface area contributed by atoms with Gasteiger partial charge in [0.25, 0.3) is 0 Å². The minimum atomic E-state index is -0.980. The van der Waals surface area contributed by atoms with E-state index in [4.69, 9.17) is 10.00 Å². The number of aromatic nitrogens is 3. The van der Waals surface area contributed by atoms with E-state index in [1.807, 2.05) is 0 Å². The molecule has 0 N–H and O–H groups in total. The summed E-state index contributed by atoms with van der Waals surface area (Å²) in [4.78, 5) is 15.9. The lowest BCUT2D eigenvalue weighted by molar-refractivity contribution is 0.00952. The van der Waals surface area contributed by atoms with E-state index < -0.39 is 29.2 Å². The molecule has 1 unspecified atom stereocenters. The number of cyclic esters (lactones) is 1. The van der Waals surface area contributed by atoms with Crippen LogP contribution in [-0.4, -0.2) is 20.7 Å². The highest BCUT2D eigenvalue weighted by Crippen LogP contribution is 2.39. The van der Waals surface area contributed by atoms with E-state index in [0.29, 0.717) is 16.7 Å². The third-order valence-electron chi connectivity index (χ3n) is 4.76. The number of halogens is 2. The lowest BCUT2D eigenvalue weighted by Gasteiger charge is -2.22. The number of rotatable bonds is 3. The molecule has 2 aromatic carbocycles. The molecule has 0 fully saturated rings. The fourth-order valence-corrected chi connectivity index (χ4v) is 3.46. The van der Waals surface area contributed by atoms with E-state index in [-0.39, 0.29) is 11.1 Å². The number of fused-ring (bicyclic) bond motifs is 1. The van der Waals surface area contributed by atoms with Crippen molar-refractivity contribution < 1.29 is 18.3 Å². The van der Waals surface area contributed by atoms with E-state index in [9.17, 15) is 13.6 Å². The number of nitrogens with zero attached hydrogens (tertiary/aromatic N) is 4. The van der Waals surface area contributed by atoms with Gasteiger partial charge in [0, 0.05) is 5.56 Å². The second-order valence-corrected chi connectivity index (χ2v) is 6.95. The molecule has 0 spiro atoms. The average Bonchev–Trinajstić information content (AvgIpc) is 3.24. The quantitative estimate of drug-likeness (QED) is 0.650. The van der Waals surface area contributed by atoms with Crippen molar-refractivity contribution in [2.75, 3.05) is 0 Å². The van der Waals surface area contributed by atoms with Gasteiger partial charge < -0.3 is 4.74 Å².